The molecule has 1 aromatic heterocycles. The van der Waals surface area contributed by atoms with E-state index in [1.807, 2.05) is 6.92 Å². The smallest absolute Gasteiger partial charge is 0.250 e. The molecule has 110 valence electrons. The van der Waals surface area contributed by atoms with Gasteiger partial charge in [0, 0.05) is 11.4 Å². The van der Waals surface area contributed by atoms with Crippen molar-refractivity contribution >= 4 is 27.3 Å². The molecule has 0 bridgehead atoms. The molecule has 0 aliphatic heterocycles. The largest absolute Gasteiger partial charge is 0.366 e. The number of sulfonamides is 1. The van der Waals surface area contributed by atoms with E-state index in [9.17, 15) is 13.2 Å². The van der Waals surface area contributed by atoms with E-state index in [0.717, 1.165) is 42.6 Å². The zero-order chi connectivity index (χ0) is 14.8. The molecular weight excluding hydrogens is 296 g/mol. The van der Waals surface area contributed by atoms with E-state index in [1.165, 1.54) is 11.4 Å². The number of allylic oxidation sites excluding steroid dienone is 1. The van der Waals surface area contributed by atoms with Gasteiger partial charge in [-0.05, 0) is 38.7 Å². The van der Waals surface area contributed by atoms with Crippen molar-refractivity contribution in [1.29, 1.82) is 0 Å². The Morgan fingerprint density at radius 1 is 1.45 bits per heavy atom. The van der Waals surface area contributed by atoms with E-state index in [2.05, 4.69) is 10.8 Å². The van der Waals surface area contributed by atoms with Crippen molar-refractivity contribution < 1.29 is 13.2 Å². The Balaban J connectivity index is 2.13. The molecular formula is C13H18N2O3S2. The number of carbonyl (C=O) groups excluding carboxylic acids is 1. The Kier molecular flexibility index (Phi) is 4.62. The lowest BCUT2D eigenvalue weighted by molar-refractivity contribution is 0.100. The van der Waals surface area contributed by atoms with Gasteiger partial charge in [0.05, 0.1) is 5.56 Å². The fourth-order valence-corrected chi connectivity index (χ4v) is 4.64. The maximum absolute atomic E-state index is 12.2. The van der Waals surface area contributed by atoms with Crippen LogP contribution in [0, 0.1) is 0 Å². The standard InChI is InChI=1S/C13H18N2O3S2/c1-9(10-5-3-2-4-6-10)15-20(17,18)12-7-11(8-19-12)13(14)16/h5,7-9,15H,2-4,6H2,1H3,(H2,14,16)/t9-/m0/s1. The third-order valence-corrected chi connectivity index (χ3v) is 6.32. The molecule has 20 heavy (non-hydrogen) atoms. The number of primary amides is 1. The van der Waals surface area contributed by atoms with Gasteiger partial charge in [-0.3, -0.25) is 4.79 Å². The molecule has 0 saturated carbocycles. The van der Waals surface area contributed by atoms with E-state index in [4.69, 9.17) is 5.73 Å². The van der Waals surface area contributed by atoms with Crippen molar-refractivity contribution in [3.63, 3.8) is 0 Å². The van der Waals surface area contributed by atoms with Crippen LogP contribution in [0.3, 0.4) is 0 Å². The van der Waals surface area contributed by atoms with Gasteiger partial charge >= 0.3 is 0 Å². The second kappa shape index (κ2) is 6.07. The Hall–Kier alpha value is -1.18. The van der Waals surface area contributed by atoms with Crippen LogP contribution >= 0.6 is 11.3 Å². The molecule has 0 spiro atoms. The highest BCUT2D eigenvalue weighted by Gasteiger charge is 2.22. The van der Waals surface area contributed by atoms with Crippen LogP contribution in [0.2, 0.25) is 0 Å². The Morgan fingerprint density at radius 3 is 2.75 bits per heavy atom. The third kappa shape index (κ3) is 3.47. The summed E-state index contributed by atoms with van der Waals surface area (Å²) in [6.07, 6.45) is 6.31. The number of hydrogen-bond donors (Lipinski definition) is 2. The van der Waals surface area contributed by atoms with E-state index < -0.39 is 15.9 Å². The average molecular weight is 314 g/mol. The summed E-state index contributed by atoms with van der Waals surface area (Å²) in [6.45, 7) is 1.84. The summed E-state index contributed by atoms with van der Waals surface area (Å²) < 4.78 is 27.3. The van der Waals surface area contributed by atoms with Gasteiger partial charge in [-0.25, -0.2) is 13.1 Å². The number of thiophene rings is 1. The summed E-state index contributed by atoms with van der Waals surface area (Å²) in [5.74, 6) is -0.620. The van der Waals surface area contributed by atoms with Gasteiger partial charge in [0.15, 0.2) is 0 Å². The van der Waals surface area contributed by atoms with Crippen LogP contribution in [0.1, 0.15) is 43.0 Å². The summed E-state index contributed by atoms with van der Waals surface area (Å²) in [4.78, 5) is 11.0. The quantitative estimate of drug-likeness (QED) is 0.815. The van der Waals surface area contributed by atoms with Crippen molar-refractivity contribution in [2.24, 2.45) is 5.73 Å². The van der Waals surface area contributed by atoms with Crippen LogP contribution in [0.4, 0.5) is 0 Å². The first-order chi connectivity index (χ1) is 9.40. The Bertz CT molecular complexity index is 632. The molecule has 1 aromatic rings. The van der Waals surface area contributed by atoms with Crippen molar-refractivity contribution in [1.82, 2.24) is 4.72 Å². The molecule has 3 N–H and O–H groups in total. The van der Waals surface area contributed by atoms with Gasteiger partial charge in [-0.15, -0.1) is 11.3 Å². The van der Waals surface area contributed by atoms with Crippen molar-refractivity contribution in [3.8, 4) is 0 Å². The Labute approximate surface area is 122 Å². The van der Waals surface area contributed by atoms with Gasteiger partial charge in [-0.1, -0.05) is 11.6 Å². The van der Waals surface area contributed by atoms with Gasteiger partial charge in [0.1, 0.15) is 4.21 Å². The summed E-state index contributed by atoms with van der Waals surface area (Å²) in [6, 6.07) is 1.09. The Morgan fingerprint density at radius 2 is 2.20 bits per heavy atom. The van der Waals surface area contributed by atoms with Crippen LogP contribution < -0.4 is 10.5 Å². The van der Waals surface area contributed by atoms with Gasteiger partial charge in [0.25, 0.3) is 10.0 Å². The predicted octanol–water partition coefficient (Wildman–Crippen LogP) is 2.01. The summed E-state index contributed by atoms with van der Waals surface area (Å²) in [7, 11) is -3.60. The van der Waals surface area contributed by atoms with Crippen LogP contribution in [-0.4, -0.2) is 20.4 Å². The maximum Gasteiger partial charge on any atom is 0.250 e. The second-order valence-electron chi connectivity index (χ2n) is 4.89. The summed E-state index contributed by atoms with van der Waals surface area (Å²) in [5, 5.41) is 1.46. The fourth-order valence-electron chi connectivity index (χ4n) is 2.21. The first-order valence-corrected chi connectivity index (χ1v) is 8.86. The van der Waals surface area contributed by atoms with E-state index >= 15 is 0 Å². The molecule has 1 aliphatic rings. The minimum atomic E-state index is -3.60. The second-order valence-corrected chi connectivity index (χ2v) is 7.74. The highest BCUT2D eigenvalue weighted by atomic mass is 32.2. The molecule has 0 unspecified atom stereocenters. The minimum Gasteiger partial charge on any atom is -0.366 e. The predicted molar refractivity (Wildman–Crippen MR) is 79.2 cm³/mol. The molecule has 7 heteroatoms. The van der Waals surface area contributed by atoms with E-state index in [-0.39, 0.29) is 15.8 Å². The number of amides is 1. The monoisotopic (exact) mass is 314 g/mol. The first kappa shape index (κ1) is 15.2. The normalized spacial score (nSPS) is 17.6. The van der Waals surface area contributed by atoms with Crippen LogP contribution in [-0.2, 0) is 10.0 Å². The lowest BCUT2D eigenvalue weighted by Crippen LogP contribution is -2.34. The number of carbonyl (C=O) groups is 1. The molecule has 0 radical (unpaired) electrons. The molecule has 5 nitrogen and oxygen atoms in total. The van der Waals surface area contributed by atoms with Gasteiger partial charge < -0.3 is 5.73 Å². The number of hydrogen-bond acceptors (Lipinski definition) is 4. The SMILES string of the molecule is C[C@H](NS(=O)(=O)c1cc(C(N)=O)cs1)C1=CCCCC1. The zero-order valence-corrected chi connectivity index (χ0v) is 12.9. The topological polar surface area (TPSA) is 89.3 Å². The first-order valence-electron chi connectivity index (χ1n) is 6.50. The average Bonchev–Trinajstić information content (AvgIpc) is 2.90. The molecule has 1 atom stereocenters. The minimum absolute atomic E-state index is 0.120. The third-order valence-electron chi connectivity index (χ3n) is 3.34. The molecule has 1 aliphatic carbocycles. The molecule has 2 rings (SSSR count). The number of nitrogens with two attached hydrogens (primary N) is 1. The highest BCUT2D eigenvalue weighted by Crippen LogP contribution is 2.24. The summed E-state index contributed by atoms with van der Waals surface area (Å²) in [5.41, 5.74) is 6.49. The van der Waals surface area contributed by atoms with Gasteiger partial charge in [0.2, 0.25) is 5.91 Å². The van der Waals surface area contributed by atoms with Crippen LogP contribution in [0.25, 0.3) is 0 Å². The molecule has 0 saturated heterocycles. The summed E-state index contributed by atoms with van der Waals surface area (Å²) >= 11 is 1.00. The van der Waals surface area contributed by atoms with Gasteiger partial charge in [-0.2, -0.15) is 0 Å². The van der Waals surface area contributed by atoms with Crippen LogP contribution in [0.5, 0.6) is 0 Å². The lowest BCUT2D eigenvalue weighted by Gasteiger charge is -2.20. The molecule has 1 amide bonds. The highest BCUT2D eigenvalue weighted by molar-refractivity contribution is 7.91. The van der Waals surface area contributed by atoms with Crippen LogP contribution in [0.15, 0.2) is 27.3 Å². The van der Waals surface area contributed by atoms with E-state index in [1.54, 1.807) is 0 Å². The van der Waals surface area contributed by atoms with E-state index in [0.29, 0.717) is 0 Å². The molecule has 0 fully saturated rings. The van der Waals surface area contributed by atoms with Crippen molar-refractivity contribution in [3.05, 3.63) is 28.7 Å². The maximum atomic E-state index is 12.2. The number of nitrogens with one attached hydrogen (secondary N) is 1. The molecule has 1 heterocycles. The fraction of sp³-hybridized carbons (Fsp3) is 0.462. The lowest BCUT2D eigenvalue weighted by atomic mass is 9.95. The molecule has 0 aromatic carbocycles. The van der Waals surface area contributed by atoms with Crippen molar-refractivity contribution in [2.75, 3.05) is 0 Å². The number of rotatable bonds is 5. The zero-order valence-electron chi connectivity index (χ0n) is 11.3. The van der Waals surface area contributed by atoms with Crippen molar-refractivity contribution in [2.45, 2.75) is 42.9 Å².